The van der Waals surface area contributed by atoms with E-state index >= 15 is 0 Å². The van der Waals surface area contributed by atoms with Gasteiger partial charge in [0.2, 0.25) is 5.82 Å². The molecule has 6 heteroatoms. The Hall–Kier alpha value is -3.02. The highest BCUT2D eigenvalue weighted by Crippen LogP contribution is 2.13. The molecule has 3 aromatic rings. The van der Waals surface area contributed by atoms with E-state index in [0.29, 0.717) is 17.9 Å². The molecule has 22 heavy (non-hydrogen) atoms. The molecular weight excluding hydrogens is 280 g/mol. The quantitative estimate of drug-likeness (QED) is 0.690. The van der Waals surface area contributed by atoms with E-state index in [4.69, 9.17) is 4.74 Å². The molecular formula is C16H14N4O2. The average molecular weight is 294 g/mol. The van der Waals surface area contributed by atoms with E-state index in [1.807, 2.05) is 36.4 Å². The monoisotopic (exact) mass is 294 g/mol. The second-order valence-corrected chi connectivity index (χ2v) is 4.70. The van der Waals surface area contributed by atoms with Gasteiger partial charge in [0.25, 0.3) is 0 Å². The number of esters is 1. The minimum absolute atomic E-state index is 0.363. The smallest absolute Gasteiger partial charge is 0.337 e. The third-order valence-electron chi connectivity index (χ3n) is 3.16. The molecule has 0 fully saturated rings. The lowest BCUT2D eigenvalue weighted by atomic mass is 10.1. The van der Waals surface area contributed by atoms with Gasteiger partial charge in [-0.15, -0.1) is 10.2 Å². The summed E-state index contributed by atoms with van der Waals surface area (Å²) in [4.78, 5) is 13.0. The fourth-order valence-electron chi connectivity index (χ4n) is 2.09. The van der Waals surface area contributed by atoms with Crippen LogP contribution in [0.5, 0.6) is 0 Å². The number of hydrogen-bond donors (Lipinski definition) is 0. The van der Waals surface area contributed by atoms with E-state index in [1.54, 1.807) is 18.2 Å². The number of tetrazole rings is 1. The molecule has 0 bridgehead atoms. The number of carbonyl (C=O) groups excluding carboxylic acids is 1. The summed E-state index contributed by atoms with van der Waals surface area (Å²) in [7, 11) is 1.36. The molecule has 3 rings (SSSR count). The second-order valence-electron chi connectivity index (χ2n) is 4.70. The minimum atomic E-state index is -0.363. The third-order valence-corrected chi connectivity index (χ3v) is 3.16. The lowest BCUT2D eigenvalue weighted by molar-refractivity contribution is 0.0600. The molecule has 0 unspecified atom stereocenters. The van der Waals surface area contributed by atoms with E-state index in [-0.39, 0.29) is 5.97 Å². The molecule has 0 atom stereocenters. The predicted molar refractivity (Wildman–Crippen MR) is 80.1 cm³/mol. The molecule has 0 aliphatic heterocycles. The van der Waals surface area contributed by atoms with Crippen LogP contribution in [0, 0.1) is 0 Å². The summed E-state index contributed by atoms with van der Waals surface area (Å²) in [5, 5.41) is 12.4. The van der Waals surface area contributed by atoms with Crippen LogP contribution >= 0.6 is 0 Å². The molecule has 6 nitrogen and oxygen atoms in total. The van der Waals surface area contributed by atoms with Crippen LogP contribution in [0.1, 0.15) is 15.9 Å². The van der Waals surface area contributed by atoms with Gasteiger partial charge >= 0.3 is 5.97 Å². The molecule has 0 saturated carbocycles. The number of methoxy groups -OCH3 is 1. The van der Waals surface area contributed by atoms with Crippen molar-refractivity contribution in [3.05, 3.63) is 65.7 Å². The van der Waals surface area contributed by atoms with Crippen molar-refractivity contribution in [2.24, 2.45) is 0 Å². The zero-order chi connectivity index (χ0) is 15.4. The van der Waals surface area contributed by atoms with E-state index in [0.717, 1.165) is 11.1 Å². The number of benzene rings is 2. The van der Waals surface area contributed by atoms with Gasteiger partial charge in [-0.1, -0.05) is 42.5 Å². The fourth-order valence-corrected chi connectivity index (χ4v) is 2.09. The molecule has 0 amide bonds. The van der Waals surface area contributed by atoms with Crippen molar-refractivity contribution in [2.45, 2.75) is 6.54 Å². The number of hydrogen-bond acceptors (Lipinski definition) is 5. The van der Waals surface area contributed by atoms with Gasteiger partial charge in [0, 0.05) is 5.56 Å². The van der Waals surface area contributed by atoms with Crippen molar-refractivity contribution in [1.29, 1.82) is 0 Å². The Morgan fingerprint density at radius 2 is 1.95 bits per heavy atom. The summed E-state index contributed by atoms with van der Waals surface area (Å²) >= 11 is 0. The number of ether oxygens (including phenoxy) is 1. The Bertz CT molecular complexity index is 784. The van der Waals surface area contributed by atoms with E-state index in [1.165, 1.54) is 11.9 Å². The maximum absolute atomic E-state index is 11.5. The zero-order valence-corrected chi connectivity index (χ0v) is 12.0. The van der Waals surface area contributed by atoms with Crippen LogP contribution in [0.2, 0.25) is 0 Å². The molecule has 0 radical (unpaired) electrons. The van der Waals surface area contributed by atoms with Gasteiger partial charge in [0.05, 0.1) is 19.2 Å². The summed E-state index contributed by atoms with van der Waals surface area (Å²) in [6, 6.07) is 16.8. The minimum Gasteiger partial charge on any atom is -0.465 e. The topological polar surface area (TPSA) is 69.9 Å². The fraction of sp³-hybridized carbons (Fsp3) is 0.125. The standard InChI is InChI=1S/C16H14N4O2/c1-22-16(21)14-9-5-6-12(10-14)11-20-18-15(17-19-20)13-7-3-2-4-8-13/h2-10H,11H2,1H3. The van der Waals surface area contributed by atoms with Gasteiger partial charge in [0.15, 0.2) is 0 Å². The molecule has 110 valence electrons. The van der Waals surface area contributed by atoms with Crippen LogP contribution < -0.4 is 0 Å². The largest absolute Gasteiger partial charge is 0.465 e. The van der Waals surface area contributed by atoms with Crippen molar-refractivity contribution in [2.75, 3.05) is 7.11 Å². The zero-order valence-electron chi connectivity index (χ0n) is 12.0. The lowest BCUT2D eigenvalue weighted by Gasteiger charge is -2.03. The van der Waals surface area contributed by atoms with Gasteiger partial charge in [-0.2, -0.15) is 4.80 Å². The van der Waals surface area contributed by atoms with Crippen LogP contribution in [0.4, 0.5) is 0 Å². The first-order chi connectivity index (χ1) is 10.8. The summed E-state index contributed by atoms with van der Waals surface area (Å²) in [6.07, 6.45) is 0. The molecule has 0 spiro atoms. The van der Waals surface area contributed by atoms with E-state index in [9.17, 15) is 4.79 Å². The summed E-state index contributed by atoms with van der Waals surface area (Å²) in [6.45, 7) is 0.435. The number of aromatic nitrogens is 4. The summed E-state index contributed by atoms with van der Waals surface area (Å²) in [5.74, 6) is 0.211. The Morgan fingerprint density at radius 3 is 2.73 bits per heavy atom. The van der Waals surface area contributed by atoms with Crippen molar-refractivity contribution in [3.63, 3.8) is 0 Å². The SMILES string of the molecule is COC(=O)c1cccc(Cn2nnc(-c3ccccc3)n2)c1. The summed E-state index contributed by atoms with van der Waals surface area (Å²) < 4.78 is 4.71. The molecule has 0 saturated heterocycles. The lowest BCUT2D eigenvalue weighted by Crippen LogP contribution is -2.06. The highest BCUT2D eigenvalue weighted by molar-refractivity contribution is 5.89. The first-order valence-corrected chi connectivity index (χ1v) is 6.77. The maximum Gasteiger partial charge on any atom is 0.337 e. The van der Waals surface area contributed by atoms with E-state index < -0.39 is 0 Å². The normalized spacial score (nSPS) is 10.4. The molecule has 2 aromatic carbocycles. The first-order valence-electron chi connectivity index (χ1n) is 6.77. The molecule has 0 aliphatic carbocycles. The first kappa shape index (κ1) is 13.9. The number of rotatable bonds is 4. The predicted octanol–water partition coefficient (Wildman–Crippen LogP) is 2.17. The van der Waals surface area contributed by atoms with Crippen LogP contribution in [-0.2, 0) is 11.3 Å². The van der Waals surface area contributed by atoms with Crippen molar-refractivity contribution in [3.8, 4) is 11.4 Å². The van der Waals surface area contributed by atoms with E-state index in [2.05, 4.69) is 15.4 Å². The van der Waals surface area contributed by atoms with Gasteiger partial charge in [-0.05, 0) is 22.9 Å². The van der Waals surface area contributed by atoms with Crippen LogP contribution in [0.3, 0.4) is 0 Å². The van der Waals surface area contributed by atoms with Crippen molar-refractivity contribution < 1.29 is 9.53 Å². The number of nitrogens with zero attached hydrogens (tertiary/aromatic N) is 4. The Balaban J connectivity index is 1.80. The van der Waals surface area contributed by atoms with Crippen molar-refractivity contribution >= 4 is 5.97 Å². The Kier molecular flexibility index (Phi) is 3.91. The Morgan fingerprint density at radius 1 is 1.14 bits per heavy atom. The molecule has 0 N–H and O–H groups in total. The highest BCUT2D eigenvalue weighted by atomic mass is 16.5. The van der Waals surface area contributed by atoms with Crippen LogP contribution in [-0.4, -0.2) is 33.3 Å². The van der Waals surface area contributed by atoms with Gasteiger partial charge < -0.3 is 4.74 Å². The van der Waals surface area contributed by atoms with Crippen molar-refractivity contribution in [1.82, 2.24) is 20.2 Å². The van der Waals surface area contributed by atoms with Gasteiger partial charge in [-0.3, -0.25) is 0 Å². The summed E-state index contributed by atoms with van der Waals surface area (Å²) in [5.41, 5.74) is 2.32. The maximum atomic E-state index is 11.5. The second kappa shape index (κ2) is 6.17. The number of carbonyl (C=O) groups is 1. The van der Waals surface area contributed by atoms with Gasteiger partial charge in [0.1, 0.15) is 0 Å². The molecule has 0 aliphatic rings. The third kappa shape index (κ3) is 3.01. The highest BCUT2D eigenvalue weighted by Gasteiger charge is 2.08. The van der Waals surface area contributed by atoms with Crippen LogP contribution in [0.15, 0.2) is 54.6 Å². The van der Waals surface area contributed by atoms with Crippen LogP contribution in [0.25, 0.3) is 11.4 Å². The molecule has 1 heterocycles. The molecule has 1 aromatic heterocycles. The average Bonchev–Trinajstić information content (AvgIpc) is 3.03. The Labute approximate surface area is 127 Å². The van der Waals surface area contributed by atoms with Gasteiger partial charge in [-0.25, -0.2) is 4.79 Å².